The van der Waals surface area contributed by atoms with Gasteiger partial charge in [-0.15, -0.1) is 0 Å². The lowest BCUT2D eigenvalue weighted by Gasteiger charge is -2.14. The predicted molar refractivity (Wildman–Crippen MR) is 64.5 cm³/mol. The standard InChI is InChI=1S/C11H17BrN2/c1-3-9(4-2)7-14-11-5-6-13-8-10(11)12/h5-6,8-9H,3-4,7H2,1-2H3,(H,13,14). The fourth-order valence-corrected chi connectivity index (χ4v) is 1.74. The van der Waals surface area contributed by atoms with Gasteiger partial charge in [0.1, 0.15) is 0 Å². The zero-order valence-corrected chi connectivity index (χ0v) is 10.3. The van der Waals surface area contributed by atoms with Gasteiger partial charge < -0.3 is 5.32 Å². The van der Waals surface area contributed by atoms with Crippen LogP contribution < -0.4 is 5.32 Å². The number of hydrogen-bond donors (Lipinski definition) is 1. The number of hydrogen-bond acceptors (Lipinski definition) is 2. The monoisotopic (exact) mass is 256 g/mol. The first-order chi connectivity index (χ1) is 6.77. The average molecular weight is 257 g/mol. The summed E-state index contributed by atoms with van der Waals surface area (Å²) in [5.74, 6) is 0.759. The van der Waals surface area contributed by atoms with Crippen LogP contribution in [0.2, 0.25) is 0 Å². The van der Waals surface area contributed by atoms with Crippen molar-refractivity contribution in [3.05, 3.63) is 22.9 Å². The molecule has 2 nitrogen and oxygen atoms in total. The molecule has 0 saturated carbocycles. The maximum atomic E-state index is 4.03. The van der Waals surface area contributed by atoms with Gasteiger partial charge in [-0.2, -0.15) is 0 Å². The fourth-order valence-electron chi connectivity index (χ4n) is 1.35. The number of aromatic nitrogens is 1. The number of rotatable bonds is 5. The molecular formula is C11H17BrN2. The second kappa shape index (κ2) is 6.02. The Kier molecular flexibility index (Phi) is 4.94. The van der Waals surface area contributed by atoms with Gasteiger partial charge in [0.05, 0.1) is 10.2 Å². The highest BCUT2D eigenvalue weighted by atomic mass is 79.9. The average Bonchev–Trinajstić information content (AvgIpc) is 2.22. The Morgan fingerprint density at radius 3 is 2.71 bits per heavy atom. The van der Waals surface area contributed by atoms with Gasteiger partial charge in [0.2, 0.25) is 0 Å². The second-order valence-electron chi connectivity index (χ2n) is 3.42. The maximum absolute atomic E-state index is 4.03. The Hall–Kier alpha value is -0.570. The van der Waals surface area contributed by atoms with Crippen molar-refractivity contribution in [2.75, 3.05) is 11.9 Å². The second-order valence-corrected chi connectivity index (χ2v) is 4.27. The Morgan fingerprint density at radius 2 is 2.14 bits per heavy atom. The van der Waals surface area contributed by atoms with Gasteiger partial charge in [-0.3, -0.25) is 4.98 Å². The van der Waals surface area contributed by atoms with Crippen LogP contribution in [0.4, 0.5) is 5.69 Å². The minimum absolute atomic E-state index is 0.759. The minimum Gasteiger partial charge on any atom is -0.384 e. The van der Waals surface area contributed by atoms with E-state index in [2.05, 4.69) is 40.1 Å². The SMILES string of the molecule is CCC(CC)CNc1ccncc1Br. The summed E-state index contributed by atoms with van der Waals surface area (Å²) in [6, 6.07) is 1.99. The summed E-state index contributed by atoms with van der Waals surface area (Å²) in [4.78, 5) is 4.03. The van der Waals surface area contributed by atoms with Gasteiger partial charge in [0.25, 0.3) is 0 Å². The van der Waals surface area contributed by atoms with Crippen LogP contribution in [0.15, 0.2) is 22.9 Å². The topological polar surface area (TPSA) is 24.9 Å². The molecule has 1 rings (SSSR count). The van der Waals surface area contributed by atoms with Crippen LogP contribution in [0.5, 0.6) is 0 Å². The maximum Gasteiger partial charge on any atom is 0.0590 e. The van der Waals surface area contributed by atoms with Gasteiger partial charge in [-0.1, -0.05) is 26.7 Å². The quantitative estimate of drug-likeness (QED) is 0.870. The van der Waals surface area contributed by atoms with Crippen molar-refractivity contribution in [2.45, 2.75) is 26.7 Å². The summed E-state index contributed by atoms with van der Waals surface area (Å²) in [5.41, 5.74) is 1.13. The van der Waals surface area contributed by atoms with Gasteiger partial charge in [-0.05, 0) is 27.9 Å². The van der Waals surface area contributed by atoms with E-state index < -0.39 is 0 Å². The van der Waals surface area contributed by atoms with Crippen molar-refractivity contribution in [3.8, 4) is 0 Å². The molecule has 0 aromatic carbocycles. The highest BCUT2D eigenvalue weighted by Gasteiger charge is 2.04. The van der Waals surface area contributed by atoms with Crippen LogP contribution in [0.25, 0.3) is 0 Å². The summed E-state index contributed by atoms with van der Waals surface area (Å²) >= 11 is 3.47. The third kappa shape index (κ3) is 3.29. The Labute approximate surface area is 94.3 Å². The van der Waals surface area contributed by atoms with Crippen molar-refractivity contribution in [3.63, 3.8) is 0 Å². The third-order valence-corrected chi connectivity index (χ3v) is 3.14. The van der Waals surface area contributed by atoms with Crippen LogP contribution in [0.3, 0.4) is 0 Å². The van der Waals surface area contributed by atoms with Crippen LogP contribution in [0.1, 0.15) is 26.7 Å². The van der Waals surface area contributed by atoms with Gasteiger partial charge in [-0.25, -0.2) is 0 Å². The van der Waals surface area contributed by atoms with Crippen molar-refractivity contribution in [1.82, 2.24) is 4.98 Å². The van der Waals surface area contributed by atoms with E-state index in [-0.39, 0.29) is 0 Å². The molecule has 14 heavy (non-hydrogen) atoms. The molecule has 0 atom stereocenters. The summed E-state index contributed by atoms with van der Waals surface area (Å²) in [6.07, 6.45) is 6.08. The van der Waals surface area contributed by atoms with E-state index in [0.29, 0.717) is 0 Å². The number of nitrogens with zero attached hydrogens (tertiary/aromatic N) is 1. The van der Waals surface area contributed by atoms with Crippen LogP contribution in [-0.4, -0.2) is 11.5 Å². The molecule has 0 unspecified atom stereocenters. The van der Waals surface area contributed by atoms with E-state index in [4.69, 9.17) is 0 Å². The van der Waals surface area contributed by atoms with E-state index in [1.807, 2.05) is 12.3 Å². The predicted octanol–water partition coefficient (Wildman–Crippen LogP) is 3.69. The number of halogens is 1. The molecule has 1 aromatic rings. The van der Waals surface area contributed by atoms with Crippen molar-refractivity contribution in [1.29, 1.82) is 0 Å². The molecule has 0 fully saturated rings. The molecule has 1 aromatic heterocycles. The molecular weight excluding hydrogens is 240 g/mol. The van der Waals surface area contributed by atoms with E-state index in [1.54, 1.807) is 6.20 Å². The molecule has 0 bridgehead atoms. The summed E-state index contributed by atoms with van der Waals surface area (Å²) in [5, 5.41) is 3.43. The molecule has 0 aliphatic heterocycles. The molecule has 1 N–H and O–H groups in total. The van der Waals surface area contributed by atoms with Crippen LogP contribution >= 0.6 is 15.9 Å². The normalized spacial score (nSPS) is 10.6. The van der Waals surface area contributed by atoms with Crippen LogP contribution in [-0.2, 0) is 0 Å². The zero-order valence-electron chi connectivity index (χ0n) is 8.76. The minimum atomic E-state index is 0.759. The van der Waals surface area contributed by atoms with E-state index in [1.165, 1.54) is 12.8 Å². The molecule has 0 amide bonds. The lowest BCUT2D eigenvalue weighted by molar-refractivity contribution is 0.519. The van der Waals surface area contributed by atoms with Crippen molar-refractivity contribution in [2.24, 2.45) is 5.92 Å². The molecule has 0 aliphatic rings. The molecule has 0 radical (unpaired) electrons. The number of pyridine rings is 1. The fraction of sp³-hybridized carbons (Fsp3) is 0.545. The van der Waals surface area contributed by atoms with E-state index in [0.717, 1.165) is 22.6 Å². The first-order valence-electron chi connectivity index (χ1n) is 5.11. The smallest absolute Gasteiger partial charge is 0.0590 e. The summed E-state index contributed by atoms with van der Waals surface area (Å²) in [6.45, 7) is 5.50. The lowest BCUT2D eigenvalue weighted by atomic mass is 10.0. The molecule has 0 aliphatic carbocycles. The van der Waals surface area contributed by atoms with Crippen LogP contribution in [0, 0.1) is 5.92 Å². The number of nitrogens with one attached hydrogen (secondary N) is 1. The summed E-state index contributed by atoms with van der Waals surface area (Å²) < 4.78 is 1.03. The van der Waals surface area contributed by atoms with Crippen molar-refractivity contribution < 1.29 is 0 Å². The highest BCUT2D eigenvalue weighted by molar-refractivity contribution is 9.10. The van der Waals surface area contributed by atoms with E-state index in [9.17, 15) is 0 Å². The highest BCUT2D eigenvalue weighted by Crippen LogP contribution is 2.20. The zero-order chi connectivity index (χ0) is 10.4. The Bertz CT molecular complexity index is 272. The lowest BCUT2D eigenvalue weighted by Crippen LogP contribution is -2.12. The first-order valence-corrected chi connectivity index (χ1v) is 5.90. The number of anilines is 1. The van der Waals surface area contributed by atoms with Gasteiger partial charge >= 0.3 is 0 Å². The molecule has 78 valence electrons. The molecule has 0 saturated heterocycles. The third-order valence-electron chi connectivity index (χ3n) is 2.51. The summed E-state index contributed by atoms with van der Waals surface area (Å²) in [7, 11) is 0. The Balaban J connectivity index is 2.49. The molecule has 0 spiro atoms. The van der Waals surface area contributed by atoms with Gasteiger partial charge in [0.15, 0.2) is 0 Å². The van der Waals surface area contributed by atoms with Gasteiger partial charge in [0, 0.05) is 18.9 Å². The Morgan fingerprint density at radius 1 is 1.43 bits per heavy atom. The largest absolute Gasteiger partial charge is 0.384 e. The van der Waals surface area contributed by atoms with Crippen molar-refractivity contribution >= 4 is 21.6 Å². The first kappa shape index (κ1) is 11.5. The molecule has 3 heteroatoms. The molecule has 1 heterocycles. The van der Waals surface area contributed by atoms with E-state index >= 15 is 0 Å².